The molecule has 4 aromatic rings. The molecule has 1 aromatic carbocycles. The molecule has 1 aliphatic rings. The molecule has 1 unspecified atom stereocenters. The molecule has 0 fully saturated rings. The predicted molar refractivity (Wildman–Crippen MR) is 122 cm³/mol. The Morgan fingerprint density at radius 1 is 1.12 bits per heavy atom. The molecule has 5 rings (SSSR count). The summed E-state index contributed by atoms with van der Waals surface area (Å²) in [7, 11) is 1.62. The number of aliphatic hydroxyl groups excluding tert-OH is 1. The maximum absolute atomic E-state index is 9.89. The zero-order valence-corrected chi connectivity index (χ0v) is 18.0. The molecule has 3 heterocycles. The fourth-order valence-electron chi connectivity index (χ4n) is 4.11. The van der Waals surface area contributed by atoms with Gasteiger partial charge in [0.1, 0.15) is 11.6 Å². The van der Waals surface area contributed by atoms with Crippen molar-refractivity contribution in [3.63, 3.8) is 0 Å². The van der Waals surface area contributed by atoms with Crippen LogP contribution in [-0.4, -0.2) is 43.7 Å². The number of ether oxygens (including phenoxy) is 1. The number of nitrogens with zero attached hydrogens (tertiary/aromatic N) is 4. The molecule has 0 aliphatic heterocycles. The van der Waals surface area contributed by atoms with Crippen molar-refractivity contribution >= 4 is 11.6 Å². The monoisotopic (exact) mass is 428 g/mol. The van der Waals surface area contributed by atoms with Gasteiger partial charge in [-0.15, -0.1) is 0 Å². The quantitative estimate of drug-likeness (QED) is 0.428. The standard InChI is InChI=1S/C24H24N6O2/c1-24(14-31)7-5-19-17(24)11-16(13-28-19)18-6-8-27-23(29-18)30-20-4-3-15(12-21(20)32-2)22-25-9-10-26-22/h3-4,6,8-13,31H,5,7,14H2,1-2H3,(H,25,26)(H,27,29,30). The number of aromatic nitrogens is 5. The van der Waals surface area contributed by atoms with E-state index in [1.165, 1.54) is 0 Å². The third-order valence-corrected chi connectivity index (χ3v) is 6.05. The largest absolute Gasteiger partial charge is 0.495 e. The Bertz CT molecular complexity index is 1260. The molecule has 1 aliphatic carbocycles. The first kappa shape index (κ1) is 20.1. The van der Waals surface area contributed by atoms with E-state index in [1.807, 2.05) is 30.5 Å². The number of nitrogens with one attached hydrogen (secondary N) is 2. The van der Waals surface area contributed by atoms with E-state index in [0.717, 1.165) is 52.4 Å². The molecule has 8 heteroatoms. The van der Waals surface area contributed by atoms with Crippen LogP contribution in [0.4, 0.5) is 11.6 Å². The molecule has 0 amide bonds. The average Bonchev–Trinajstić information content (AvgIpc) is 3.48. The van der Waals surface area contributed by atoms with Gasteiger partial charge in [-0.05, 0) is 48.7 Å². The zero-order chi connectivity index (χ0) is 22.1. The van der Waals surface area contributed by atoms with E-state index in [0.29, 0.717) is 11.7 Å². The second kappa shape index (κ2) is 8.05. The van der Waals surface area contributed by atoms with E-state index in [4.69, 9.17) is 4.74 Å². The van der Waals surface area contributed by atoms with Gasteiger partial charge in [-0.2, -0.15) is 0 Å². The predicted octanol–water partition coefficient (Wildman–Crippen LogP) is 3.88. The number of hydrogen-bond donors (Lipinski definition) is 3. The first-order valence-electron chi connectivity index (χ1n) is 10.5. The second-order valence-corrected chi connectivity index (χ2v) is 8.18. The van der Waals surface area contributed by atoms with Crippen molar-refractivity contribution in [1.29, 1.82) is 0 Å². The molecule has 32 heavy (non-hydrogen) atoms. The molecule has 162 valence electrons. The third kappa shape index (κ3) is 3.58. The number of anilines is 2. The summed E-state index contributed by atoms with van der Waals surface area (Å²) in [6, 6.07) is 9.72. The van der Waals surface area contributed by atoms with Gasteiger partial charge in [0.2, 0.25) is 5.95 Å². The van der Waals surface area contributed by atoms with Crippen LogP contribution in [0.15, 0.2) is 55.1 Å². The maximum Gasteiger partial charge on any atom is 0.227 e. The van der Waals surface area contributed by atoms with Crippen LogP contribution in [0.5, 0.6) is 5.75 Å². The number of pyridine rings is 1. The second-order valence-electron chi connectivity index (χ2n) is 8.18. The van der Waals surface area contributed by atoms with E-state index in [-0.39, 0.29) is 12.0 Å². The summed E-state index contributed by atoms with van der Waals surface area (Å²) in [5, 5.41) is 13.1. The summed E-state index contributed by atoms with van der Waals surface area (Å²) >= 11 is 0. The van der Waals surface area contributed by atoms with Gasteiger partial charge in [-0.1, -0.05) is 6.92 Å². The van der Waals surface area contributed by atoms with Crippen LogP contribution < -0.4 is 10.1 Å². The summed E-state index contributed by atoms with van der Waals surface area (Å²) in [6.45, 7) is 2.19. The molecule has 0 spiro atoms. The SMILES string of the molecule is COc1cc(-c2ncc[nH]2)ccc1Nc1nccc(-c2cnc3c(c2)C(C)(CO)CC3)n1. The Morgan fingerprint density at radius 2 is 2.03 bits per heavy atom. The maximum atomic E-state index is 9.89. The molecule has 1 atom stereocenters. The topological polar surface area (TPSA) is 109 Å². The highest BCUT2D eigenvalue weighted by molar-refractivity contribution is 5.70. The van der Waals surface area contributed by atoms with Crippen LogP contribution in [0.3, 0.4) is 0 Å². The number of fused-ring (bicyclic) bond motifs is 1. The lowest BCUT2D eigenvalue weighted by Gasteiger charge is -2.22. The van der Waals surface area contributed by atoms with Gasteiger partial charge in [0.25, 0.3) is 0 Å². The van der Waals surface area contributed by atoms with E-state index < -0.39 is 0 Å². The van der Waals surface area contributed by atoms with Gasteiger partial charge in [0.05, 0.1) is 25.1 Å². The van der Waals surface area contributed by atoms with Crippen molar-refractivity contribution in [3.8, 4) is 28.4 Å². The van der Waals surface area contributed by atoms with Gasteiger partial charge in [-0.3, -0.25) is 4.98 Å². The Hall–Kier alpha value is -3.78. The van der Waals surface area contributed by atoms with Crippen LogP contribution in [-0.2, 0) is 11.8 Å². The van der Waals surface area contributed by atoms with Crippen molar-refractivity contribution in [2.24, 2.45) is 0 Å². The Kier molecular flexibility index (Phi) is 5.07. The molecule has 8 nitrogen and oxygen atoms in total. The molecular weight excluding hydrogens is 404 g/mol. The fraction of sp³-hybridized carbons (Fsp3) is 0.250. The summed E-state index contributed by atoms with van der Waals surface area (Å²) in [6.07, 6.45) is 8.84. The zero-order valence-electron chi connectivity index (χ0n) is 18.0. The van der Waals surface area contributed by atoms with Gasteiger partial charge in [0.15, 0.2) is 0 Å². The number of benzene rings is 1. The summed E-state index contributed by atoms with van der Waals surface area (Å²) in [5.74, 6) is 1.88. The number of H-pyrrole nitrogens is 1. The van der Waals surface area contributed by atoms with Gasteiger partial charge < -0.3 is 20.1 Å². The van der Waals surface area contributed by atoms with Crippen molar-refractivity contribution in [3.05, 3.63) is 66.4 Å². The number of aromatic amines is 1. The molecule has 0 saturated carbocycles. The van der Waals surface area contributed by atoms with Crippen LogP contribution in [0, 0.1) is 0 Å². The Labute approximate surface area is 185 Å². The highest BCUT2D eigenvalue weighted by atomic mass is 16.5. The normalized spacial score (nSPS) is 17.2. The first-order chi connectivity index (χ1) is 15.6. The summed E-state index contributed by atoms with van der Waals surface area (Å²) in [4.78, 5) is 21.1. The van der Waals surface area contributed by atoms with Crippen LogP contribution in [0.2, 0.25) is 0 Å². The van der Waals surface area contributed by atoms with Gasteiger partial charge in [0, 0.05) is 47.0 Å². The van der Waals surface area contributed by atoms with Gasteiger partial charge >= 0.3 is 0 Å². The summed E-state index contributed by atoms with van der Waals surface area (Å²) in [5.41, 5.74) is 5.23. The van der Waals surface area contributed by atoms with Crippen molar-refractivity contribution in [1.82, 2.24) is 24.9 Å². The summed E-state index contributed by atoms with van der Waals surface area (Å²) < 4.78 is 5.56. The molecule has 0 radical (unpaired) electrons. The Balaban J connectivity index is 1.44. The van der Waals surface area contributed by atoms with Crippen molar-refractivity contribution in [2.45, 2.75) is 25.2 Å². The molecule has 0 saturated heterocycles. The lowest BCUT2D eigenvalue weighted by atomic mass is 9.85. The van der Waals surface area contributed by atoms with E-state index in [2.05, 4.69) is 43.2 Å². The minimum absolute atomic E-state index is 0.107. The highest BCUT2D eigenvalue weighted by Crippen LogP contribution is 2.39. The van der Waals surface area contributed by atoms with Crippen LogP contribution in [0.25, 0.3) is 22.6 Å². The smallest absolute Gasteiger partial charge is 0.227 e. The molecule has 3 N–H and O–H groups in total. The van der Waals surface area contributed by atoms with E-state index >= 15 is 0 Å². The minimum Gasteiger partial charge on any atom is -0.495 e. The number of aryl methyl sites for hydroxylation is 1. The number of imidazole rings is 1. The molecule has 3 aromatic heterocycles. The lowest BCUT2D eigenvalue weighted by Crippen LogP contribution is -2.23. The van der Waals surface area contributed by atoms with Crippen molar-refractivity contribution < 1.29 is 9.84 Å². The van der Waals surface area contributed by atoms with Crippen LogP contribution >= 0.6 is 0 Å². The average molecular weight is 428 g/mol. The lowest BCUT2D eigenvalue weighted by molar-refractivity contribution is 0.206. The molecule has 0 bridgehead atoms. The molecular formula is C24H24N6O2. The van der Waals surface area contributed by atoms with Gasteiger partial charge in [-0.25, -0.2) is 15.0 Å². The van der Waals surface area contributed by atoms with E-state index in [1.54, 1.807) is 25.7 Å². The number of aliphatic hydroxyl groups is 1. The van der Waals surface area contributed by atoms with Crippen molar-refractivity contribution in [2.75, 3.05) is 19.0 Å². The number of methoxy groups -OCH3 is 1. The van der Waals surface area contributed by atoms with Crippen LogP contribution in [0.1, 0.15) is 24.6 Å². The van der Waals surface area contributed by atoms with E-state index in [9.17, 15) is 5.11 Å². The minimum atomic E-state index is -0.254. The first-order valence-corrected chi connectivity index (χ1v) is 10.5. The fourth-order valence-corrected chi connectivity index (χ4v) is 4.11. The number of hydrogen-bond acceptors (Lipinski definition) is 7. The third-order valence-electron chi connectivity index (χ3n) is 6.05. The number of rotatable bonds is 6. The highest BCUT2D eigenvalue weighted by Gasteiger charge is 2.35. The Morgan fingerprint density at radius 3 is 2.81 bits per heavy atom.